The molecule has 2 N–H and O–H groups in total. The summed E-state index contributed by atoms with van der Waals surface area (Å²) < 4.78 is 7.01. The Balaban J connectivity index is 1.49. The summed E-state index contributed by atoms with van der Waals surface area (Å²) >= 11 is 0. The third kappa shape index (κ3) is 4.35. The fourth-order valence-corrected chi connectivity index (χ4v) is 6.69. The second-order valence-electron chi connectivity index (χ2n) is 11.3. The average Bonchev–Trinajstić information content (AvgIpc) is 2.83. The summed E-state index contributed by atoms with van der Waals surface area (Å²) in [6.45, 7) is 3.07. The van der Waals surface area contributed by atoms with Crippen molar-refractivity contribution in [1.82, 2.24) is 5.32 Å². The predicted octanol–water partition coefficient (Wildman–Crippen LogP) is 4.55. The van der Waals surface area contributed by atoms with Crippen molar-refractivity contribution in [1.29, 1.82) is 0 Å². The lowest BCUT2D eigenvalue weighted by Gasteiger charge is -2.60. The summed E-state index contributed by atoms with van der Waals surface area (Å²) in [6, 6.07) is 21.1. The number of nitrogens with one attached hydrogen (secondary N) is 1. The molecule has 6 heteroatoms. The van der Waals surface area contributed by atoms with Crippen LogP contribution in [-0.4, -0.2) is 60.3 Å². The number of aromatic hydroxyl groups is 1. The van der Waals surface area contributed by atoms with E-state index >= 15 is 0 Å². The fourth-order valence-electron chi connectivity index (χ4n) is 6.69. The standard InChI is InChI=1S/C30H34N2O4/c1-21(33)36-30-14-13-26(31-28(35)24-12-11-22-7-4-5-8-23(22)17-24)19-29(30,15-16-32(2,3)20-30)25-9-6-10-27(34)18-25/h4-12,17-18,26H,13-16,19-20H2,1-3H3,(H-,31,34,35)/p+1/t26-,29+,30+/m1/s1. The number of phenols is 1. The van der Waals surface area contributed by atoms with Crippen molar-refractivity contribution >= 4 is 22.6 Å². The van der Waals surface area contributed by atoms with Gasteiger partial charge in [0.25, 0.3) is 5.91 Å². The topological polar surface area (TPSA) is 75.6 Å². The van der Waals surface area contributed by atoms with Crippen LogP contribution in [0.4, 0.5) is 0 Å². The van der Waals surface area contributed by atoms with Gasteiger partial charge in [-0.2, -0.15) is 0 Å². The third-order valence-electron chi connectivity index (χ3n) is 8.28. The molecule has 2 aliphatic rings. The molecule has 5 rings (SSSR count). The van der Waals surface area contributed by atoms with E-state index < -0.39 is 11.0 Å². The second kappa shape index (κ2) is 8.93. The van der Waals surface area contributed by atoms with Gasteiger partial charge in [-0.25, -0.2) is 0 Å². The lowest BCUT2D eigenvalue weighted by molar-refractivity contribution is -0.904. The van der Waals surface area contributed by atoms with Crippen molar-refractivity contribution in [2.75, 3.05) is 27.2 Å². The predicted molar refractivity (Wildman–Crippen MR) is 140 cm³/mol. The molecule has 3 aromatic carbocycles. The number of nitrogens with zero attached hydrogens (tertiary/aromatic N) is 1. The van der Waals surface area contributed by atoms with Crippen LogP contribution in [0.15, 0.2) is 66.7 Å². The van der Waals surface area contributed by atoms with Gasteiger partial charge in [0.1, 0.15) is 12.3 Å². The summed E-state index contributed by atoms with van der Waals surface area (Å²) in [5, 5.41) is 15.8. The molecule has 2 fully saturated rings. The second-order valence-corrected chi connectivity index (χ2v) is 11.3. The molecule has 0 aromatic heterocycles. The van der Waals surface area contributed by atoms with Gasteiger partial charge in [-0.1, -0.05) is 42.5 Å². The normalized spacial score (nSPS) is 27.1. The van der Waals surface area contributed by atoms with E-state index in [0.717, 1.165) is 33.8 Å². The number of piperidine rings is 1. The minimum absolute atomic E-state index is 0.0799. The van der Waals surface area contributed by atoms with Crippen molar-refractivity contribution in [3.8, 4) is 5.75 Å². The number of ether oxygens (including phenoxy) is 1. The molecule has 1 saturated heterocycles. The van der Waals surface area contributed by atoms with Crippen LogP contribution in [0, 0.1) is 0 Å². The van der Waals surface area contributed by atoms with Crippen LogP contribution in [-0.2, 0) is 14.9 Å². The highest BCUT2D eigenvalue weighted by Gasteiger charge is 2.64. The molecule has 0 radical (unpaired) electrons. The first kappa shape index (κ1) is 24.3. The smallest absolute Gasteiger partial charge is 0.303 e. The molecule has 3 aromatic rings. The van der Waals surface area contributed by atoms with E-state index in [1.807, 2.05) is 54.6 Å². The van der Waals surface area contributed by atoms with Crippen LogP contribution in [0.1, 0.15) is 48.5 Å². The summed E-state index contributed by atoms with van der Waals surface area (Å²) in [4.78, 5) is 25.7. The Hall–Kier alpha value is -3.38. The van der Waals surface area contributed by atoms with Crippen LogP contribution in [0.5, 0.6) is 5.75 Å². The van der Waals surface area contributed by atoms with Gasteiger partial charge in [0.15, 0.2) is 5.60 Å². The van der Waals surface area contributed by atoms with Gasteiger partial charge < -0.3 is 19.6 Å². The van der Waals surface area contributed by atoms with Gasteiger partial charge in [0.2, 0.25) is 0 Å². The van der Waals surface area contributed by atoms with Crippen LogP contribution >= 0.6 is 0 Å². The number of phenolic OH excluding ortho intramolecular Hbond substituents is 1. The van der Waals surface area contributed by atoms with Crippen molar-refractivity contribution in [3.63, 3.8) is 0 Å². The Labute approximate surface area is 212 Å². The highest BCUT2D eigenvalue weighted by Crippen LogP contribution is 2.54. The molecule has 36 heavy (non-hydrogen) atoms. The van der Waals surface area contributed by atoms with Gasteiger partial charge in [-0.15, -0.1) is 0 Å². The van der Waals surface area contributed by atoms with Crippen LogP contribution in [0.3, 0.4) is 0 Å². The number of carbonyl (C=O) groups excluding carboxylic acids is 2. The highest BCUT2D eigenvalue weighted by atomic mass is 16.6. The van der Waals surface area contributed by atoms with Gasteiger partial charge in [-0.05, 0) is 59.9 Å². The molecular weight excluding hydrogens is 452 g/mol. The first-order valence-corrected chi connectivity index (χ1v) is 12.7. The molecule has 0 unspecified atom stereocenters. The van der Waals surface area contributed by atoms with E-state index in [4.69, 9.17) is 4.74 Å². The SMILES string of the molecule is CC(=O)O[C@]12CC[C@@H](NC(=O)c3ccc4ccccc4c3)C[C@]1(c1cccc(O)c1)CC[N+](C)(C)C2. The number of likely N-dealkylation sites (tertiary alicyclic amines) is 1. The Morgan fingerprint density at radius 1 is 1.00 bits per heavy atom. The molecule has 1 amide bonds. The Bertz CT molecular complexity index is 1320. The van der Waals surface area contributed by atoms with E-state index in [1.165, 1.54) is 6.92 Å². The van der Waals surface area contributed by atoms with E-state index in [9.17, 15) is 14.7 Å². The first-order chi connectivity index (χ1) is 17.1. The monoisotopic (exact) mass is 487 g/mol. The highest BCUT2D eigenvalue weighted by molar-refractivity contribution is 5.98. The number of esters is 1. The van der Waals surface area contributed by atoms with Crippen molar-refractivity contribution < 1.29 is 23.9 Å². The average molecular weight is 488 g/mol. The van der Waals surface area contributed by atoms with Crippen molar-refractivity contribution in [2.45, 2.75) is 49.7 Å². The van der Waals surface area contributed by atoms with Gasteiger partial charge in [-0.3, -0.25) is 9.59 Å². The number of fused-ring (bicyclic) bond motifs is 2. The molecule has 1 saturated carbocycles. The summed E-state index contributed by atoms with van der Waals surface area (Å²) in [7, 11) is 4.34. The number of benzene rings is 3. The molecule has 1 aliphatic heterocycles. The van der Waals surface area contributed by atoms with Gasteiger partial charge in [0, 0.05) is 30.4 Å². The number of carbonyl (C=O) groups is 2. The number of hydrogen-bond donors (Lipinski definition) is 2. The van der Waals surface area contributed by atoms with Gasteiger partial charge >= 0.3 is 5.97 Å². The zero-order chi connectivity index (χ0) is 25.6. The van der Waals surface area contributed by atoms with E-state index in [-0.39, 0.29) is 23.7 Å². The Morgan fingerprint density at radius 2 is 1.78 bits per heavy atom. The zero-order valence-electron chi connectivity index (χ0n) is 21.3. The number of amides is 1. The maximum atomic E-state index is 13.3. The molecule has 1 aliphatic carbocycles. The van der Waals surface area contributed by atoms with Crippen LogP contribution < -0.4 is 5.32 Å². The summed E-state index contributed by atoms with van der Waals surface area (Å²) in [5.41, 5.74) is 0.384. The number of hydrogen-bond acceptors (Lipinski definition) is 4. The van der Waals surface area contributed by atoms with E-state index in [0.29, 0.717) is 31.4 Å². The molecule has 1 heterocycles. The maximum absolute atomic E-state index is 13.3. The summed E-state index contributed by atoms with van der Waals surface area (Å²) in [6.07, 6.45) is 2.79. The molecule has 188 valence electrons. The minimum atomic E-state index is -0.710. The maximum Gasteiger partial charge on any atom is 0.303 e. The molecule has 6 nitrogen and oxygen atoms in total. The van der Waals surface area contributed by atoms with Crippen LogP contribution in [0.2, 0.25) is 0 Å². The van der Waals surface area contributed by atoms with E-state index in [1.54, 1.807) is 12.1 Å². The number of quaternary nitrogens is 1. The Morgan fingerprint density at radius 3 is 2.53 bits per heavy atom. The zero-order valence-corrected chi connectivity index (χ0v) is 21.3. The molecule has 0 bridgehead atoms. The van der Waals surface area contributed by atoms with Crippen molar-refractivity contribution in [2.24, 2.45) is 0 Å². The summed E-state index contributed by atoms with van der Waals surface area (Å²) in [5.74, 6) is -0.191. The quantitative estimate of drug-likeness (QED) is 0.418. The molecular formula is C30H35N2O4+. The fraction of sp³-hybridized carbons (Fsp3) is 0.400. The van der Waals surface area contributed by atoms with Gasteiger partial charge in [0.05, 0.1) is 20.6 Å². The number of likely N-dealkylation sites (N-methyl/N-ethyl adjacent to an activating group) is 1. The molecule has 3 atom stereocenters. The largest absolute Gasteiger partial charge is 0.508 e. The van der Waals surface area contributed by atoms with Crippen LogP contribution in [0.25, 0.3) is 10.8 Å². The number of rotatable bonds is 4. The lowest BCUT2D eigenvalue weighted by Crippen LogP contribution is -2.71. The van der Waals surface area contributed by atoms with Crippen molar-refractivity contribution in [3.05, 3.63) is 77.9 Å². The Kier molecular flexibility index (Phi) is 6.03. The first-order valence-electron chi connectivity index (χ1n) is 12.7. The molecule has 0 spiro atoms. The van der Waals surface area contributed by atoms with E-state index in [2.05, 4.69) is 19.4 Å². The minimum Gasteiger partial charge on any atom is -0.508 e. The third-order valence-corrected chi connectivity index (χ3v) is 8.28. The lowest BCUT2D eigenvalue weighted by atomic mass is 9.54.